The van der Waals surface area contributed by atoms with Crippen LogP contribution in [0, 0.1) is 10.7 Å². The number of carbonyl (C=O) groups excluding carboxylic acids is 1. The maximum absolute atomic E-state index is 11.8. The van der Waals surface area contributed by atoms with Crippen molar-refractivity contribution in [3.05, 3.63) is 89.0 Å². The Labute approximate surface area is 273 Å². The Kier molecular flexibility index (Phi) is 15.0. The second kappa shape index (κ2) is 19.7. The number of carbonyl (C=O) groups is 2. The second-order valence-corrected chi connectivity index (χ2v) is 11.2. The number of hydrogen-bond donors (Lipinski definition) is 1. The van der Waals surface area contributed by atoms with Crippen molar-refractivity contribution in [3.63, 3.8) is 0 Å². The number of pyridine rings is 2. The SMILES string of the molecule is N#CSc1ccc(C(c2cccc(C(=O)O)n2)N2CCOCCOCCN(Cc3cccc(C=O)n3)CCOCCOCC2)cc1. The molecule has 0 saturated carbocycles. The number of aromatic carboxylic acids is 1. The lowest BCUT2D eigenvalue weighted by Gasteiger charge is -2.32. The molecule has 0 radical (unpaired) electrons. The average Bonchev–Trinajstić information content (AvgIpc) is 3.07. The highest BCUT2D eigenvalue weighted by atomic mass is 32.2. The minimum Gasteiger partial charge on any atom is -0.477 e. The molecule has 0 spiro atoms. The van der Waals surface area contributed by atoms with Gasteiger partial charge in [-0.25, -0.2) is 14.8 Å². The van der Waals surface area contributed by atoms with Gasteiger partial charge in [-0.15, -0.1) is 0 Å². The summed E-state index contributed by atoms with van der Waals surface area (Å²) in [5, 5.41) is 20.8. The molecule has 1 aliphatic heterocycles. The van der Waals surface area contributed by atoms with Crippen LogP contribution in [0.3, 0.4) is 0 Å². The molecular weight excluding hydrogens is 610 g/mol. The minimum absolute atomic E-state index is 0.0355. The third kappa shape index (κ3) is 11.6. The van der Waals surface area contributed by atoms with Crippen molar-refractivity contribution >= 4 is 24.0 Å². The fraction of sp³-hybridized carbons (Fsp3) is 0.424. The number of thioether (sulfide) groups is 1. The van der Waals surface area contributed by atoms with E-state index in [0.29, 0.717) is 97.0 Å². The molecule has 1 N–H and O–H groups in total. The van der Waals surface area contributed by atoms with Crippen LogP contribution in [-0.2, 0) is 25.5 Å². The number of thiocyanates is 1. The summed E-state index contributed by atoms with van der Waals surface area (Å²) in [6.45, 7) is 6.45. The molecule has 2 aromatic heterocycles. The highest BCUT2D eigenvalue weighted by Crippen LogP contribution is 2.29. The molecule has 1 atom stereocenters. The van der Waals surface area contributed by atoms with Gasteiger partial charge in [0.25, 0.3) is 0 Å². The van der Waals surface area contributed by atoms with Crippen molar-refractivity contribution in [2.45, 2.75) is 17.5 Å². The van der Waals surface area contributed by atoms with E-state index in [2.05, 4.69) is 25.2 Å². The first kappa shape index (κ1) is 35.1. The van der Waals surface area contributed by atoms with Gasteiger partial charge in [0.05, 0.1) is 70.3 Å². The van der Waals surface area contributed by atoms with E-state index in [4.69, 9.17) is 24.2 Å². The van der Waals surface area contributed by atoms with Crippen LogP contribution in [0.1, 0.15) is 44.0 Å². The fourth-order valence-corrected chi connectivity index (χ4v) is 5.36. The Hall–Kier alpha value is -3.74. The van der Waals surface area contributed by atoms with Gasteiger partial charge in [0.2, 0.25) is 0 Å². The quantitative estimate of drug-likeness (QED) is 0.216. The van der Waals surface area contributed by atoms with Gasteiger partial charge >= 0.3 is 5.97 Å². The third-order valence-electron chi connectivity index (χ3n) is 7.22. The van der Waals surface area contributed by atoms with Crippen LogP contribution in [0.4, 0.5) is 0 Å². The number of carboxylic acids is 1. The van der Waals surface area contributed by atoms with Crippen molar-refractivity contribution in [1.29, 1.82) is 5.26 Å². The number of carboxylic acid groups (broad SMARTS) is 1. The van der Waals surface area contributed by atoms with E-state index in [0.717, 1.165) is 34.2 Å². The monoisotopic (exact) mass is 649 g/mol. The molecule has 3 heterocycles. The smallest absolute Gasteiger partial charge is 0.354 e. The maximum Gasteiger partial charge on any atom is 0.354 e. The molecule has 0 amide bonds. The Balaban J connectivity index is 1.42. The molecule has 12 nitrogen and oxygen atoms in total. The van der Waals surface area contributed by atoms with E-state index < -0.39 is 5.97 Å². The fourth-order valence-electron chi connectivity index (χ4n) is 4.98. The maximum atomic E-state index is 11.8. The highest BCUT2D eigenvalue weighted by Gasteiger charge is 2.25. The number of hydrogen-bond acceptors (Lipinski definition) is 12. The van der Waals surface area contributed by atoms with E-state index in [1.807, 2.05) is 42.5 Å². The third-order valence-corrected chi connectivity index (χ3v) is 7.82. The lowest BCUT2D eigenvalue weighted by Crippen LogP contribution is -2.36. The van der Waals surface area contributed by atoms with Crippen LogP contribution in [0.15, 0.2) is 65.6 Å². The van der Waals surface area contributed by atoms with E-state index >= 15 is 0 Å². The zero-order valence-corrected chi connectivity index (χ0v) is 26.5. The molecule has 1 saturated heterocycles. The lowest BCUT2D eigenvalue weighted by molar-refractivity contribution is 0.00331. The summed E-state index contributed by atoms with van der Waals surface area (Å²) in [6.07, 6.45) is 0.746. The first-order valence-corrected chi connectivity index (χ1v) is 15.9. The van der Waals surface area contributed by atoms with E-state index in [-0.39, 0.29) is 11.7 Å². The van der Waals surface area contributed by atoms with Crippen LogP contribution in [0.25, 0.3) is 0 Å². The molecule has 0 bridgehead atoms. The molecule has 1 fully saturated rings. The molecule has 13 heteroatoms. The van der Waals surface area contributed by atoms with Gasteiger partial charge in [0.1, 0.15) is 16.8 Å². The highest BCUT2D eigenvalue weighted by molar-refractivity contribution is 8.03. The van der Waals surface area contributed by atoms with Crippen molar-refractivity contribution in [2.75, 3.05) is 79.0 Å². The van der Waals surface area contributed by atoms with Gasteiger partial charge in [-0.1, -0.05) is 24.3 Å². The number of benzene rings is 1. The minimum atomic E-state index is -1.10. The average molecular weight is 650 g/mol. The van der Waals surface area contributed by atoms with Crippen LogP contribution >= 0.6 is 11.8 Å². The Bertz CT molecular complexity index is 1400. The molecule has 3 aromatic rings. The van der Waals surface area contributed by atoms with Gasteiger partial charge in [0, 0.05) is 37.6 Å². The van der Waals surface area contributed by atoms with Gasteiger partial charge in [-0.3, -0.25) is 14.6 Å². The van der Waals surface area contributed by atoms with Gasteiger partial charge in [-0.2, -0.15) is 5.26 Å². The zero-order valence-electron chi connectivity index (χ0n) is 25.7. The molecule has 1 aromatic carbocycles. The normalized spacial score (nSPS) is 17.6. The molecular formula is C33H39N5O7S. The Morgan fingerprint density at radius 2 is 1.46 bits per heavy atom. The molecule has 4 rings (SSSR count). The lowest BCUT2D eigenvalue weighted by atomic mass is 10.0. The van der Waals surface area contributed by atoms with E-state index in [1.54, 1.807) is 12.1 Å². The van der Waals surface area contributed by atoms with Crippen LogP contribution in [0.2, 0.25) is 0 Å². The van der Waals surface area contributed by atoms with Gasteiger partial charge < -0.3 is 24.1 Å². The van der Waals surface area contributed by atoms with Crippen molar-refractivity contribution in [2.24, 2.45) is 0 Å². The summed E-state index contributed by atoms with van der Waals surface area (Å²) < 4.78 is 23.6. The van der Waals surface area contributed by atoms with E-state index in [9.17, 15) is 14.7 Å². The number of nitrogens with zero attached hydrogens (tertiary/aromatic N) is 5. The van der Waals surface area contributed by atoms with E-state index in [1.165, 1.54) is 6.07 Å². The molecule has 0 aliphatic carbocycles. The number of aromatic nitrogens is 2. The zero-order chi connectivity index (χ0) is 32.4. The van der Waals surface area contributed by atoms with Crippen LogP contribution in [-0.4, -0.2) is 116 Å². The van der Waals surface area contributed by atoms with Crippen LogP contribution in [0.5, 0.6) is 0 Å². The number of aldehydes is 1. The first-order chi connectivity index (χ1) is 22.6. The number of rotatable bonds is 8. The summed E-state index contributed by atoms with van der Waals surface area (Å²) in [5.41, 5.74) is 2.67. The van der Waals surface area contributed by atoms with Gasteiger partial charge in [0.15, 0.2) is 6.29 Å². The van der Waals surface area contributed by atoms with Crippen molar-refractivity contribution in [1.82, 2.24) is 19.8 Å². The molecule has 1 aliphatic rings. The van der Waals surface area contributed by atoms with Crippen molar-refractivity contribution < 1.29 is 33.6 Å². The molecule has 1 unspecified atom stereocenters. The van der Waals surface area contributed by atoms with Gasteiger partial charge in [-0.05, 0) is 53.7 Å². The number of ether oxygens (including phenoxy) is 4. The first-order valence-electron chi connectivity index (χ1n) is 15.1. The topological polar surface area (TPSA) is 147 Å². The predicted molar refractivity (Wildman–Crippen MR) is 171 cm³/mol. The predicted octanol–water partition coefficient (Wildman–Crippen LogP) is 3.53. The summed E-state index contributed by atoms with van der Waals surface area (Å²) in [7, 11) is 0. The van der Waals surface area contributed by atoms with Crippen molar-refractivity contribution in [3.8, 4) is 5.40 Å². The van der Waals surface area contributed by atoms with Crippen LogP contribution < -0.4 is 0 Å². The standard InChI is InChI=1S/C33H39N5O7S/c34-25-46-29-9-7-26(8-10-29)32(30-5-2-6-31(36-30)33(40)41)38-13-17-44-21-19-42-15-11-37(12-16-43-20-22-45-18-14-38)23-27-3-1-4-28(24-39)35-27/h1-10,24,32H,11-23H2,(H,40,41). The summed E-state index contributed by atoms with van der Waals surface area (Å²) >= 11 is 1.08. The Morgan fingerprint density at radius 3 is 2.04 bits per heavy atom. The number of nitriles is 1. The summed E-state index contributed by atoms with van der Waals surface area (Å²) in [5.74, 6) is -1.10. The molecule has 46 heavy (non-hydrogen) atoms. The Morgan fingerprint density at radius 1 is 0.848 bits per heavy atom. The second-order valence-electron chi connectivity index (χ2n) is 10.4. The summed E-state index contributed by atoms with van der Waals surface area (Å²) in [6, 6.07) is 17.7. The molecule has 244 valence electrons. The largest absolute Gasteiger partial charge is 0.477 e. The summed E-state index contributed by atoms with van der Waals surface area (Å²) in [4.78, 5) is 36.9.